The second-order valence-corrected chi connectivity index (χ2v) is 5.76. The molecule has 0 radical (unpaired) electrons. The molecule has 0 aliphatic carbocycles. The van der Waals surface area contributed by atoms with E-state index in [4.69, 9.17) is 0 Å². The Bertz CT molecular complexity index is 385. The van der Waals surface area contributed by atoms with E-state index in [0.29, 0.717) is 0 Å². The smallest absolute Gasteiger partial charge is 0.0399 e. The first-order valence-electron chi connectivity index (χ1n) is 7.22. The average molecular weight is 246 g/mol. The van der Waals surface area contributed by atoms with Gasteiger partial charge in [-0.25, -0.2) is 0 Å². The van der Waals surface area contributed by atoms with Crippen LogP contribution >= 0.6 is 0 Å². The molecule has 0 atom stereocenters. The van der Waals surface area contributed by atoms with Gasteiger partial charge >= 0.3 is 0 Å². The lowest BCUT2D eigenvalue weighted by Gasteiger charge is -2.21. The van der Waals surface area contributed by atoms with E-state index in [2.05, 4.69) is 42.3 Å². The highest BCUT2D eigenvalue weighted by Crippen LogP contribution is 2.29. The van der Waals surface area contributed by atoms with E-state index in [-0.39, 0.29) is 0 Å². The Kier molecular flexibility index (Phi) is 4.65. The first kappa shape index (κ1) is 13.4. The molecule has 1 heterocycles. The molecular formula is C16H26N2. The normalized spacial score (nSPS) is 14.3. The molecule has 0 fully saturated rings. The molecule has 1 aliphatic heterocycles. The van der Waals surface area contributed by atoms with Gasteiger partial charge in [0.25, 0.3) is 0 Å². The van der Waals surface area contributed by atoms with E-state index in [9.17, 15) is 0 Å². The molecule has 0 amide bonds. The van der Waals surface area contributed by atoms with Crippen molar-refractivity contribution in [2.75, 3.05) is 31.6 Å². The predicted octanol–water partition coefficient (Wildman–Crippen LogP) is 2.86. The molecule has 2 nitrogen and oxygen atoms in total. The summed E-state index contributed by atoms with van der Waals surface area (Å²) >= 11 is 0. The van der Waals surface area contributed by atoms with Crippen molar-refractivity contribution in [2.24, 2.45) is 5.92 Å². The second-order valence-electron chi connectivity index (χ2n) is 5.76. The molecule has 1 N–H and O–H groups in total. The zero-order chi connectivity index (χ0) is 13.0. The maximum absolute atomic E-state index is 3.21. The van der Waals surface area contributed by atoms with Crippen LogP contribution in [0.25, 0.3) is 0 Å². The number of hydrogen-bond donors (Lipinski definition) is 1. The number of hydrogen-bond acceptors (Lipinski definition) is 2. The van der Waals surface area contributed by atoms with E-state index >= 15 is 0 Å². The standard InChI is InChI=1S/C16H26N2/c1-13(2)12-18-10-8-15-11-14(5-4-9-17-3)6-7-16(15)18/h6-7,11,13,17H,4-5,8-10,12H2,1-3H3. The fourth-order valence-corrected chi connectivity index (χ4v) is 2.78. The van der Waals surface area contributed by atoms with Gasteiger partial charge in [0.1, 0.15) is 0 Å². The number of nitrogens with one attached hydrogen (secondary N) is 1. The maximum Gasteiger partial charge on any atom is 0.0399 e. The second kappa shape index (κ2) is 6.24. The SMILES string of the molecule is CNCCCc1ccc2c(c1)CCN2CC(C)C. The third kappa shape index (κ3) is 3.26. The summed E-state index contributed by atoms with van der Waals surface area (Å²) in [6.07, 6.45) is 3.64. The van der Waals surface area contributed by atoms with Gasteiger partial charge in [-0.3, -0.25) is 0 Å². The number of fused-ring (bicyclic) bond motifs is 1. The lowest BCUT2D eigenvalue weighted by Crippen LogP contribution is -2.25. The van der Waals surface area contributed by atoms with Crippen LogP contribution in [-0.4, -0.2) is 26.7 Å². The first-order valence-corrected chi connectivity index (χ1v) is 7.22. The number of anilines is 1. The zero-order valence-corrected chi connectivity index (χ0v) is 12.0. The number of aryl methyl sites for hydroxylation is 1. The van der Waals surface area contributed by atoms with Gasteiger partial charge in [0.2, 0.25) is 0 Å². The topological polar surface area (TPSA) is 15.3 Å². The minimum atomic E-state index is 0.742. The highest BCUT2D eigenvalue weighted by Gasteiger charge is 2.19. The van der Waals surface area contributed by atoms with Crippen molar-refractivity contribution >= 4 is 5.69 Å². The Hall–Kier alpha value is -1.02. The van der Waals surface area contributed by atoms with Crippen LogP contribution in [0.1, 0.15) is 31.4 Å². The van der Waals surface area contributed by atoms with Crippen LogP contribution in [0.5, 0.6) is 0 Å². The summed E-state index contributed by atoms with van der Waals surface area (Å²) in [5.41, 5.74) is 4.52. The van der Waals surface area contributed by atoms with Gasteiger partial charge in [-0.1, -0.05) is 26.0 Å². The van der Waals surface area contributed by atoms with Crippen molar-refractivity contribution in [1.29, 1.82) is 0 Å². The van der Waals surface area contributed by atoms with Crippen molar-refractivity contribution < 1.29 is 0 Å². The fraction of sp³-hybridized carbons (Fsp3) is 0.625. The number of benzene rings is 1. The van der Waals surface area contributed by atoms with Crippen LogP contribution in [0.4, 0.5) is 5.69 Å². The first-order chi connectivity index (χ1) is 8.70. The van der Waals surface area contributed by atoms with Crippen molar-refractivity contribution in [1.82, 2.24) is 5.32 Å². The molecule has 1 aromatic carbocycles. The monoisotopic (exact) mass is 246 g/mol. The lowest BCUT2D eigenvalue weighted by molar-refractivity contribution is 0.622. The van der Waals surface area contributed by atoms with Crippen LogP contribution in [0.3, 0.4) is 0 Å². The molecule has 2 heteroatoms. The lowest BCUT2D eigenvalue weighted by atomic mass is 10.0. The Morgan fingerprint density at radius 2 is 2.17 bits per heavy atom. The van der Waals surface area contributed by atoms with E-state index < -0.39 is 0 Å². The molecule has 0 aromatic heterocycles. The molecule has 0 saturated carbocycles. The van der Waals surface area contributed by atoms with Gasteiger partial charge in [0, 0.05) is 18.8 Å². The van der Waals surface area contributed by atoms with Crippen LogP contribution in [0, 0.1) is 5.92 Å². The van der Waals surface area contributed by atoms with E-state index in [0.717, 1.165) is 12.5 Å². The summed E-state index contributed by atoms with van der Waals surface area (Å²) in [5.74, 6) is 0.742. The molecular weight excluding hydrogens is 220 g/mol. The molecule has 0 unspecified atom stereocenters. The Labute approximate surface area is 111 Å². The minimum Gasteiger partial charge on any atom is -0.371 e. The molecule has 100 valence electrons. The third-order valence-electron chi connectivity index (χ3n) is 3.61. The number of nitrogens with zero attached hydrogens (tertiary/aromatic N) is 1. The predicted molar refractivity (Wildman–Crippen MR) is 79.4 cm³/mol. The summed E-state index contributed by atoms with van der Waals surface area (Å²) in [6, 6.07) is 7.07. The van der Waals surface area contributed by atoms with E-state index in [1.807, 2.05) is 7.05 Å². The largest absolute Gasteiger partial charge is 0.371 e. The highest BCUT2D eigenvalue weighted by atomic mass is 15.1. The van der Waals surface area contributed by atoms with E-state index in [1.165, 1.54) is 43.6 Å². The van der Waals surface area contributed by atoms with Gasteiger partial charge < -0.3 is 10.2 Å². The van der Waals surface area contributed by atoms with Crippen LogP contribution in [-0.2, 0) is 12.8 Å². The number of rotatable bonds is 6. The summed E-state index contributed by atoms with van der Waals surface area (Å²) in [5, 5.41) is 3.21. The summed E-state index contributed by atoms with van der Waals surface area (Å²) in [6.45, 7) is 8.09. The molecule has 0 spiro atoms. The van der Waals surface area contributed by atoms with Crippen molar-refractivity contribution in [3.05, 3.63) is 29.3 Å². The van der Waals surface area contributed by atoms with Gasteiger partial charge in [-0.2, -0.15) is 0 Å². The van der Waals surface area contributed by atoms with E-state index in [1.54, 1.807) is 5.56 Å². The molecule has 1 aliphatic rings. The maximum atomic E-state index is 3.21. The van der Waals surface area contributed by atoms with Crippen LogP contribution in [0.2, 0.25) is 0 Å². The Morgan fingerprint density at radius 1 is 1.33 bits per heavy atom. The summed E-state index contributed by atoms with van der Waals surface area (Å²) in [4.78, 5) is 2.54. The molecule has 18 heavy (non-hydrogen) atoms. The quantitative estimate of drug-likeness (QED) is 0.777. The Balaban J connectivity index is 2.01. The molecule has 1 aromatic rings. The zero-order valence-electron chi connectivity index (χ0n) is 12.0. The average Bonchev–Trinajstić information content (AvgIpc) is 2.72. The van der Waals surface area contributed by atoms with Crippen molar-refractivity contribution in [3.8, 4) is 0 Å². The van der Waals surface area contributed by atoms with Crippen molar-refractivity contribution in [2.45, 2.75) is 33.1 Å². The van der Waals surface area contributed by atoms with Gasteiger partial charge in [0.15, 0.2) is 0 Å². The summed E-state index contributed by atoms with van der Waals surface area (Å²) < 4.78 is 0. The highest BCUT2D eigenvalue weighted by molar-refractivity contribution is 5.59. The fourth-order valence-electron chi connectivity index (χ4n) is 2.78. The third-order valence-corrected chi connectivity index (χ3v) is 3.61. The Morgan fingerprint density at radius 3 is 2.89 bits per heavy atom. The summed E-state index contributed by atoms with van der Waals surface area (Å²) in [7, 11) is 2.02. The van der Waals surface area contributed by atoms with Crippen molar-refractivity contribution in [3.63, 3.8) is 0 Å². The minimum absolute atomic E-state index is 0.742. The molecule has 0 bridgehead atoms. The molecule has 0 saturated heterocycles. The van der Waals surface area contributed by atoms with Crippen LogP contribution < -0.4 is 10.2 Å². The molecule has 2 rings (SSSR count). The van der Waals surface area contributed by atoms with Crippen LogP contribution in [0.15, 0.2) is 18.2 Å². The van der Waals surface area contributed by atoms with Gasteiger partial charge in [-0.15, -0.1) is 0 Å². The van der Waals surface area contributed by atoms with Gasteiger partial charge in [-0.05, 0) is 56.0 Å². The van der Waals surface area contributed by atoms with Gasteiger partial charge in [0.05, 0.1) is 0 Å².